The first kappa shape index (κ1) is 12.7. The van der Waals surface area contributed by atoms with Gasteiger partial charge in [-0.2, -0.15) is 5.26 Å². The summed E-state index contributed by atoms with van der Waals surface area (Å²) in [5.74, 6) is 0. The Bertz CT molecular complexity index is 550. The van der Waals surface area contributed by atoms with E-state index in [1.807, 2.05) is 24.3 Å². The number of para-hydroxylation sites is 1. The summed E-state index contributed by atoms with van der Waals surface area (Å²) in [7, 11) is 0. The van der Waals surface area contributed by atoms with Gasteiger partial charge < -0.3 is 5.32 Å². The molecule has 3 heteroatoms. The van der Waals surface area contributed by atoms with Crippen molar-refractivity contribution in [3.63, 3.8) is 0 Å². The van der Waals surface area contributed by atoms with E-state index >= 15 is 0 Å². The zero-order valence-corrected chi connectivity index (χ0v) is 11.4. The molecule has 0 fully saturated rings. The van der Waals surface area contributed by atoms with Crippen LogP contribution in [0.2, 0.25) is 0 Å². The quantitative estimate of drug-likeness (QED) is 0.897. The van der Waals surface area contributed by atoms with Gasteiger partial charge in [0.05, 0.1) is 11.3 Å². The van der Waals surface area contributed by atoms with Crippen LogP contribution in [-0.4, -0.2) is 6.54 Å². The number of thiophene rings is 1. The van der Waals surface area contributed by atoms with E-state index in [4.69, 9.17) is 5.26 Å². The molecule has 0 radical (unpaired) electrons. The monoisotopic (exact) mass is 256 g/mol. The van der Waals surface area contributed by atoms with Crippen molar-refractivity contribution in [2.45, 2.75) is 19.3 Å². The molecule has 18 heavy (non-hydrogen) atoms. The fraction of sp³-hybridized carbons (Fsp3) is 0.267. The maximum atomic E-state index is 9.04. The number of benzene rings is 1. The van der Waals surface area contributed by atoms with Crippen LogP contribution in [0, 0.1) is 11.3 Å². The lowest BCUT2D eigenvalue weighted by molar-refractivity contribution is 0.569. The van der Waals surface area contributed by atoms with Crippen LogP contribution in [0.25, 0.3) is 0 Å². The molecule has 0 unspecified atom stereocenters. The third-order valence-electron chi connectivity index (χ3n) is 2.96. The van der Waals surface area contributed by atoms with E-state index in [0.29, 0.717) is 5.56 Å². The van der Waals surface area contributed by atoms with Crippen LogP contribution in [0.1, 0.15) is 24.3 Å². The number of nitrogens with zero attached hydrogens (tertiary/aromatic N) is 1. The van der Waals surface area contributed by atoms with Crippen molar-refractivity contribution >= 4 is 17.0 Å². The van der Waals surface area contributed by atoms with Crippen LogP contribution in [0.15, 0.2) is 41.8 Å². The van der Waals surface area contributed by atoms with Crippen LogP contribution in [-0.2, 0) is 5.41 Å². The maximum absolute atomic E-state index is 9.04. The minimum absolute atomic E-state index is 0.0662. The minimum atomic E-state index is 0.0662. The van der Waals surface area contributed by atoms with Gasteiger partial charge in [0.25, 0.3) is 0 Å². The second kappa shape index (κ2) is 5.24. The molecule has 0 saturated carbocycles. The zero-order chi connectivity index (χ0) is 13.0. The van der Waals surface area contributed by atoms with Gasteiger partial charge >= 0.3 is 0 Å². The first-order valence-corrected chi connectivity index (χ1v) is 6.78. The standard InChI is InChI=1S/C15H16N2S/c1-15(2,14-8-5-9-18-14)11-17-13-7-4-3-6-12(13)10-16/h3-9,17H,11H2,1-2H3. The minimum Gasteiger partial charge on any atom is -0.383 e. The fourth-order valence-corrected chi connectivity index (χ4v) is 2.65. The Kier molecular flexibility index (Phi) is 3.69. The first-order valence-electron chi connectivity index (χ1n) is 5.90. The topological polar surface area (TPSA) is 35.8 Å². The molecule has 2 rings (SSSR count). The molecule has 92 valence electrons. The third kappa shape index (κ3) is 2.72. The fourth-order valence-electron chi connectivity index (χ4n) is 1.80. The van der Waals surface area contributed by atoms with Crippen LogP contribution < -0.4 is 5.32 Å². The van der Waals surface area contributed by atoms with Crippen molar-refractivity contribution in [3.05, 3.63) is 52.2 Å². The van der Waals surface area contributed by atoms with Crippen LogP contribution in [0.5, 0.6) is 0 Å². The number of rotatable bonds is 4. The molecule has 0 bridgehead atoms. The Balaban J connectivity index is 2.10. The summed E-state index contributed by atoms with van der Waals surface area (Å²) < 4.78 is 0. The molecule has 1 heterocycles. The van der Waals surface area contributed by atoms with E-state index in [-0.39, 0.29) is 5.41 Å². The molecule has 1 aromatic carbocycles. The van der Waals surface area contributed by atoms with E-state index < -0.39 is 0 Å². The summed E-state index contributed by atoms with van der Waals surface area (Å²) >= 11 is 1.77. The summed E-state index contributed by atoms with van der Waals surface area (Å²) in [5.41, 5.74) is 1.67. The number of nitriles is 1. The largest absolute Gasteiger partial charge is 0.383 e. The predicted molar refractivity (Wildman–Crippen MR) is 77.0 cm³/mol. The Hall–Kier alpha value is -1.79. The first-order chi connectivity index (χ1) is 8.63. The number of hydrogen-bond acceptors (Lipinski definition) is 3. The van der Waals surface area contributed by atoms with Gasteiger partial charge in [-0.15, -0.1) is 11.3 Å². The van der Waals surface area contributed by atoms with Gasteiger partial charge in [0, 0.05) is 16.8 Å². The van der Waals surface area contributed by atoms with Gasteiger partial charge in [-0.3, -0.25) is 0 Å². The van der Waals surface area contributed by atoms with Crippen molar-refractivity contribution in [2.75, 3.05) is 11.9 Å². The highest BCUT2D eigenvalue weighted by Crippen LogP contribution is 2.28. The maximum Gasteiger partial charge on any atom is 0.101 e. The zero-order valence-electron chi connectivity index (χ0n) is 10.6. The van der Waals surface area contributed by atoms with E-state index in [1.165, 1.54) is 4.88 Å². The van der Waals surface area contributed by atoms with Crippen molar-refractivity contribution in [1.82, 2.24) is 0 Å². The van der Waals surface area contributed by atoms with Gasteiger partial charge in [0.1, 0.15) is 6.07 Å². The van der Waals surface area contributed by atoms with E-state index in [1.54, 1.807) is 11.3 Å². The smallest absolute Gasteiger partial charge is 0.101 e. The SMILES string of the molecule is CC(C)(CNc1ccccc1C#N)c1cccs1. The molecule has 1 aromatic heterocycles. The van der Waals surface area contributed by atoms with Crippen LogP contribution in [0.4, 0.5) is 5.69 Å². The van der Waals surface area contributed by atoms with Crippen molar-refractivity contribution in [1.29, 1.82) is 5.26 Å². The molecule has 0 aliphatic rings. The average Bonchev–Trinajstić information content (AvgIpc) is 2.91. The number of nitrogens with one attached hydrogen (secondary N) is 1. The molecule has 0 amide bonds. The predicted octanol–water partition coefficient (Wildman–Crippen LogP) is 4.01. The van der Waals surface area contributed by atoms with Gasteiger partial charge in [-0.05, 0) is 23.6 Å². The van der Waals surface area contributed by atoms with Gasteiger partial charge in [-0.1, -0.05) is 32.0 Å². The molecule has 0 saturated heterocycles. The second-order valence-electron chi connectivity index (χ2n) is 4.87. The van der Waals surface area contributed by atoms with Crippen LogP contribution >= 0.6 is 11.3 Å². The van der Waals surface area contributed by atoms with Gasteiger partial charge in [0.2, 0.25) is 0 Å². The summed E-state index contributed by atoms with van der Waals surface area (Å²) in [5, 5.41) is 14.5. The lowest BCUT2D eigenvalue weighted by Crippen LogP contribution is -2.26. The van der Waals surface area contributed by atoms with Gasteiger partial charge in [-0.25, -0.2) is 0 Å². The van der Waals surface area contributed by atoms with E-state index in [0.717, 1.165) is 12.2 Å². The van der Waals surface area contributed by atoms with Crippen molar-refractivity contribution in [3.8, 4) is 6.07 Å². The average molecular weight is 256 g/mol. The highest BCUT2D eigenvalue weighted by molar-refractivity contribution is 7.10. The summed E-state index contributed by atoms with van der Waals surface area (Å²) in [6.45, 7) is 5.23. The van der Waals surface area contributed by atoms with E-state index in [2.05, 4.69) is 42.7 Å². The van der Waals surface area contributed by atoms with Gasteiger partial charge in [0.15, 0.2) is 0 Å². The summed E-state index contributed by atoms with van der Waals surface area (Å²) in [4.78, 5) is 1.35. The molecule has 0 aliphatic carbocycles. The summed E-state index contributed by atoms with van der Waals surface area (Å²) in [6, 6.07) is 14.0. The Labute approximate surface area is 112 Å². The molecular formula is C15H16N2S. The lowest BCUT2D eigenvalue weighted by Gasteiger charge is -2.24. The highest BCUT2D eigenvalue weighted by Gasteiger charge is 2.21. The lowest BCUT2D eigenvalue weighted by atomic mass is 9.91. The normalized spacial score (nSPS) is 10.9. The molecule has 0 atom stereocenters. The molecule has 2 aromatic rings. The Morgan fingerprint density at radius 2 is 2.00 bits per heavy atom. The van der Waals surface area contributed by atoms with E-state index in [9.17, 15) is 0 Å². The molecule has 0 spiro atoms. The van der Waals surface area contributed by atoms with Crippen molar-refractivity contribution < 1.29 is 0 Å². The third-order valence-corrected chi connectivity index (χ3v) is 4.19. The Morgan fingerprint density at radius 1 is 1.22 bits per heavy atom. The highest BCUT2D eigenvalue weighted by atomic mass is 32.1. The van der Waals surface area contributed by atoms with Crippen LogP contribution in [0.3, 0.4) is 0 Å². The molecule has 0 aliphatic heterocycles. The molecule has 1 N–H and O–H groups in total. The summed E-state index contributed by atoms with van der Waals surface area (Å²) in [6.07, 6.45) is 0. The number of anilines is 1. The second-order valence-corrected chi connectivity index (χ2v) is 5.82. The van der Waals surface area contributed by atoms with Crippen molar-refractivity contribution in [2.24, 2.45) is 0 Å². The Morgan fingerprint density at radius 3 is 2.67 bits per heavy atom. The number of hydrogen-bond donors (Lipinski definition) is 1. The molecule has 2 nitrogen and oxygen atoms in total. The molecular weight excluding hydrogens is 240 g/mol.